The highest BCUT2D eigenvalue weighted by atomic mass is 79.9. The number of hydrogen-bond acceptors (Lipinski definition) is 2. The van der Waals surface area contributed by atoms with Gasteiger partial charge in [0, 0.05) is 25.8 Å². The van der Waals surface area contributed by atoms with Crippen molar-refractivity contribution in [3.63, 3.8) is 0 Å². The third-order valence-electron chi connectivity index (χ3n) is 2.29. The summed E-state index contributed by atoms with van der Waals surface area (Å²) >= 11 is 3.09. The third-order valence-corrected chi connectivity index (χ3v) is 2.90. The molecule has 1 N–H and O–H groups in total. The van der Waals surface area contributed by atoms with Crippen molar-refractivity contribution in [2.24, 2.45) is 0 Å². The van der Waals surface area contributed by atoms with Crippen LogP contribution in [-0.4, -0.2) is 19.6 Å². The lowest BCUT2D eigenvalue weighted by atomic mass is 10.2. The second-order valence-electron chi connectivity index (χ2n) is 3.73. The molecule has 0 aliphatic carbocycles. The van der Waals surface area contributed by atoms with Crippen molar-refractivity contribution in [1.82, 2.24) is 0 Å². The summed E-state index contributed by atoms with van der Waals surface area (Å²) < 4.78 is 18.5. The van der Waals surface area contributed by atoms with E-state index >= 15 is 0 Å². The Kier molecular flexibility index (Phi) is 5.58. The van der Waals surface area contributed by atoms with E-state index in [2.05, 4.69) is 21.2 Å². The highest BCUT2D eigenvalue weighted by molar-refractivity contribution is 9.10. The Morgan fingerprint density at radius 3 is 2.88 bits per heavy atom. The first-order valence-electron chi connectivity index (χ1n) is 5.29. The highest BCUT2D eigenvalue weighted by Crippen LogP contribution is 2.24. The summed E-state index contributed by atoms with van der Waals surface area (Å²) in [6.45, 7) is 2.36. The average molecular weight is 304 g/mol. The fraction of sp³-hybridized carbons (Fsp3) is 0.417. The number of halogens is 2. The van der Waals surface area contributed by atoms with Gasteiger partial charge in [-0.05, 0) is 47.0 Å². The van der Waals surface area contributed by atoms with Gasteiger partial charge in [-0.25, -0.2) is 4.39 Å². The molecule has 1 aromatic rings. The molecule has 0 atom stereocenters. The molecule has 0 unspecified atom stereocenters. The van der Waals surface area contributed by atoms with Gasteiger partial charge in [-0.3, -0.25) is 4.79 Å². The zero-order valence-electron chi connectivity index (χ0n) is 9.85. The van der Waals surface area contributed by atoms with E-state index in [9.17, 15) is 9.18 Å². The molecule has 0 radical (unpaired) electrons. The molecule has 0 bridgehead atoms. The fourth-order valence-electron chi connectivity index (χ4n) is 1.37. The van der Waals surface area contributed by atoms with Crippen molar-refractivity contribution >= 4 is 27.5 Å². The average Bonchev–Trinajstić information content (AvgIpc) is 2.26. The lowest BCUT2D eigenvalue weighted by Crippen LogP contribution is -2.13. The van der Waals surface area contributed by atoms with Crippen LogP contribution in [0.15, 0.2) is 16.6 Å². The van der Waals surface area contributed by atoms with Crippen molar-refractivity contribution in [3.8, 4) is 0 Å². The van der Waals surface area contributed by atoms with E-state index in [1.54, 1.807) is 13.2 Å². The van der Waals surface area contributed by atoms with Crippen LogP contribution in [0.4, 0.5) is 10.1 Å². The van der Waals surface area contributed by atoms with Crippen LogP contribution in [0, 0.1) is 12.7 Å². The molecular weight excluding hydrogens is 289 g/mol. The molecule has 1 amide bonds. The summed E-state index contributed by atoms with van der Waals surface area (Å²) in [5.41, 5.74) is 1.33. The van der Waals surface area contributed by atoms with E-state index in [1.807, 2.05) is 6.92 Å². The standard InChI is InChI=1S/C12H15BrFNO2/c1-8-6-9(13)10(14)7-11(8)15-12(16)4-3-5-17-2/h6-7H,3-5H2,1-2H3,(H,15,16). The topological polar surface area (TPSA) is 38.3 Å². The summed E-state index contributed by atoms with van der Waals surface area (Å²) in [5, 5.41) is 2.68. The summed E-state index contributed by atoms with van der Waals surface area (Å²) in [7, 11) is 1.59. The molecule has 0 aromatic heterocycles. The highest BCUT2D eigenvalue weighted by Gasteiger charge is 2.08. The molecule has 0 spiro atoms. The number of anilines is 1. The number of carbonyl (C=O) groups excluding carboxylic acids is 1. The largest absolute Gasteiger partial charge is 0.385 e. The van der Waals surface area contributed by atoms with Crippen LogP contribution in [0.1, 0.15) is 18.4 Å². The van der Waals surface area contributed by atoms with Gasteiger partial charge in [-0.2, -0.15) is 0 Å². The lowest BCUT2D eigenvalue weighted by Gasteiger charge is -2.09. The summed E-state index contributed by atoms with van der Waals surface area (Å²) in [4.78, 5) is 11.5. The van der Waals surface area contributed by atoms with Crippen LogP contribution in [0.25, 0.3) is 0 Å². The zero-order chi connectivity index (χ0) is 12.8. The quantitative estimate of drug-likeness (QED) is 0.848. The van der Waals surface area contributed by atoms with E-state index < -0.39 is 0 Å². The number of carbonyl (C=O) groups is 1. The first-order chi connectivity index (χ1) is 8.04. The number of ether oxygens (including phenoxy) is 1. The number of rotatable bonds is 5. The maximum atomic E-state index is 13.3. The molecule has 0 heterocycles. The van der Waals surface area contributed by atoms with E-state index in [1.165, 1.54) is 6.07 Å². The number of hydrogen-bond donors (Lipinski definition) is 1. The van der Waals surface area contributed by atoms with Gasteiger partial charge in [0.2, 0.25) is 5.91 Å². The first-order valence-corrected chi connectivity index (χ1v) is 6.08. The van der Waals surface area contributed by atoms with Crippen LogP contribution in [0.2, 0.25) is 0 Å². The van der Waals surface area contributed by atoms with E-state index in [-0.39, 0.29) is 11.7 Å². The molecule has 1 aromatic carbocycles. The van der Waals surface area contributed by atoms with Crippen LogP contribution < -0.4 is 5.32 Å². The van der Waals surface area contributed by atoms with Gasteiger partial charge in [-0.15, -0.1) is 0 Å². The molecule has 3 nitrogen and oxygen atoms in total. The monoisotopic (exact) mass is 303 g/mol. The fourth-order valence-corrected chi connectivity index (χ4v) is 1.83. The predicted octanol–water partition coefficient (Wildman–Crippen LogP) is 3.26. The number of benzene rings is 1. The van der Waals surface area contributed by atoms with E-state index in [0.717, 1.165) is 5.56 Å². The number of aryl methyl sites for hydroxylation is 1. The van der Waals surface area contributed by atoms with Crippen molar-refractivity contribution < 1.29 is 13.9 Å². The molecule has 0 aliphatic heterocycles. The Balaban J connectivity index is 2.62. The first kappa shape index (κ1) is 14.1. The second kappa shape index (κ2) is 6.71. The molecule has 94 valence electrons. The van der Waals surface area contributed by atoms with Crippen LogP contribution in [0.3, 0.4) is 0 Å². The molecular formula is C12H15BrFNO2. The van der Waals surface area contributed by atoms with Gasteiger partial charge in [-0.1, -0.05) is 0 Å². The molecule has 5 heteroatoms. The Hall–Kier alpha value is -0.940. The number of nitrogens with one attached hydrogen (secondary N) is 1. The Labute approximate surface area is 108 Å². The maximum absolute atomic E-state index is 13.3. The summed E-state index contributed by atoms with van der Waals surface area (Å²) in [5.74, 6) is -0.519. The van der Waals surface area contributed by atoms with Crippen molar-refractivity contribution in [2.75, 3.05) is 19.0 Å². The molecule has 0 saturated heterocycles. The van der Waals surface area contributed by atoms with Crippen LogP contribution in [0.5, 0.6) is 0 Å². The molecule has 1 rings (SSSR count). The lowest BCUT2D eigenvalue weighted by molar-refractivity contribution is -0.116. The smallest absolute Gasteiger partial charge is 0.224 e. The Morgan fingerprint density at radius 1 is 1.53 bits per heavy atom. The summed E-state index contributed by atoms with van der Waals surface area (Å²) in [6.07, 6.45) is 1.02. The molecule has 0 saturated carbocycles. The van der Waals surface area contributed by atoms with Crippen LogP contribution in [-0.2, 0) is 9.53 Å². The molecule has 0 fully saturated rings. The Morgan fingerprint density at radius 2 is 2.24 bits per heavy atom. The minimum atomic E-state index is -0.386. The Bertz CT molecular complexity index is 410. The van der Waals surface area contributed by atoms with Gasteiger partial charge in [0.15, 0.2) is 0 Å². The minimum Gasteiger partial charge on any atom is -0.385 e. The summed E-state index contributed by atoms with van der Waals surface area (Å²) in [6, 6.07) is 2.95. The van der Waals surface area contributed by atoms with Gasteiger partial charge in [0.25, 0.3) is 0 Å². The normalized spacial score (nSPS) is 10.4. The number of methoxy groups -OCH3 is 1. The van der Waals surface area contributed by atoms with Crippen molar-refractivity contribution in [2.45, 2.75) is 19.8 Å². The van der Waals surface area contributed by atoms with Crippen molar-refractivity contribution in [3.05, 3.63) is 28.0 Å². The minimum absolute atomic E-state index is 0.133. The SMILES string of the molecule is COCCCC(=O)Nc1cc(F)c(Br)cc1C. The third kappa shape index (κ3) is 4.44. The van der Waals surface area contributed by atoms with E-state index in [4.69, 9.17) is 4.74 Å². The molecule has 0 aliphatic rings. The van der Waals surface area contributed by atoms with Crippen LogP contribution >= 0.6 is 15.9 Å². The van der Waals surface area contributed by atoms with Gasteiger partial charge in [0.05, 0.1) is 4.47 Å². The van der Waals surface area contributed by atoms with E-state index in [0.29, 0.717) is 29.6 Å². The van der Waals surface area contributed by atoms with Gasteiger partial charge in [0.1, 0.15) is 5.82 Å². The van der Waals surface area contributed by atoms with Gasteiger partial charge < -0.3 is 10.1 Å². The number of amides is 1. The predicted molar refractivity (Wildman–Crippen MR) is 68.6 cm³/mol. The zero-order valence-corrected chi connectivity index (χ0v) is 11.4. The molecule has 17 heavy (non-hydrogen) atoms. The second-order valence-corrected chi connectivity index (χ2v) is 4.58. The van der Waals surface area contributed by atoms with Gasteiger partial charge >= 0.3 is 0 Å². The maximum Gasteiger partial charge on any atom is 0.224 e. The van der Waals surface area contributed by atoms with Crippen molar-refractivity contribution in [1.29, 1.82) is 0 Å².